The van der Waals surface area contributed by atoms with Gasteiger partial charge in [-0.2, -0.15) is 0 Å². The van der Waals surface area contributed by atoms with Crippen LogP contribution in [0, 0.1) is 13.8 Å². The summed E-state index contributed by atoms with van der Waals surface area (Å²) >= 11 is 0. The summed E-state index contributed by atoms with van der Waals surface area (Å²) in [4.78, 5) is 8.88. The summed E-state index contributed by atoms with van der Waals surface area (Å²) in [6.45, 7) is 4.46. The van der Waals surface area contributed by atoms with Crippen LogP contribution in [0.5, 0.6) is 5.75 Å². The van der Waals surface area contributed by atoms with E-state index in [1.807, 2.05) is 74.6 Å². The molecule has 1 N–H and O–H groups in total. The Kier molecular flexibility index (Phi) is 4.52. The van der Waals surface area contributed by atoms with Crippen LogP contribution in [0.25, 0.3) is 0 Å². The Morgan fingerprint density at radius 1 is 1.00 bits per heavy atom. The fourth-order valence-electron chi connectivity index (χ4n) is 2.22. The molecule has 0 unspecified atom stereocenters. The van der Waals surface area contributed by atoms with Crippen molar-refractivity contribution in [2.24, 2.45) is 0 Å². The van der Waals surface area contributed by atoms with E-state index >= 15 is 0 Å². The summed E-state index contributed by atoms with van der Waals surface area (Å²) in [5.74, 6) is 2.15. The lowest BCUT2D eigenvalue weighted by atomic mass is 10.2. The first-order chi connectivity index (χ1) is 11.2. The Balaban J connectivity index is 1.80. The van der Waals surface area contributed by atoms with Gasteiger partial charge >= 0.3 is 0 Å². The van der Waals surface area contributed by atoms with E-state index in [0.717, 1.165) is 28.4 Å². The van der Waals surface area contributed by atoms with Crippen molar-refractivity contribution in [2.75, 3.05) is 5.32 Å². The van der Waals surface area contributed by atoms with Gasteiger partial charge in [0.2, 0.25) is 0 Å². The van der Waals surface area contributed by atoms with Gasteiger partial charge < -0.3 is 10.1 Å². The van der Waals surface area contributed by atoms with Gasteiger partial charge in [0.05, 0.1) is 0 Å². The number of nitrogens with one attached hydrogen (secondary N) is 1. The molecule has 2 heterocycles. The molecule has 2 aromatic heterocycles. The van der Waals surface area contributed by atoms with Crippen molar-refractivity contribution in [3.8, 4) is 5.75 Å². The van der Waals surface area contributed by atoms with Gasteiger partial charge in [0.25, 0.3) is 0 Å². The number of aromatic nitrogens is 2. The van der Waals surface area contributed by atoms with E-state index < -0.39 is 0 Å². The van der Waals surface area contributed by atoms with Gasteiger partial charge in [-0.25, -0.2) is 9.97 Å². The molecule has 4 heteroatoms. The Hall–Kier alpha value is -2.88. The smallest absolute Gasteiger partial charge is 0.174 e. The number of pyridine rings is 2. The molecule has 0 aliphatic carbocycles. The molecule has 0 saturated heterocycles. The third kappa shape index (κ3) is 4.07. The second-order valence-corrected chi connectivity index (χ2v) is 5.42. The van der Waals surface area contributed by atoms with Gasteiger partial charge in [0, 0.05) is 11.9 Å². The van der Waals surface area contributed by atoms with Crippen molar-refractivity contribution in [3.63, 3.8) is 0 Å². The Morgan fingerprint density at radius 2 is 1.83 bits per heavy atom. The predicted molar refractivity (Wildman–Crippen MR) is 92.0 cm³/mol. The molecule has 3 rings (SSSR count). The van der Waals surface area contributed by atoms with Crippen molar-refractivity contribution in [3.05, 3.63) is 77.6 Å². The SMILES string of the molecule is Cc1cnc(Nc2cccc(C)n2)c(OCc2ccccc2)c1. The Labute approximate surface area is 136 Å². The molecule has 0 saturated carbocycles. The van der Waals surface area contributed by atoms with E-state index in [1.54, 1.807) is 0 Å². The summed E-state index contributed by atoms with van der Waals surface area (Å²) < 4.78 is 5.95. The van der Waals surface area contributed by atoms with Crippen LogP contribution in [0.1, 0.15) is 16.8 Å². The highest BCUT2D eigenvalue weighted by Crippen LogP contribution is 2.26. The number of ether oxygens (including phenoxy) is 1. The standard InChI is InChI=1S/C19H19N3O/c1-14-11-17(23-13-16-8-4-3-5-9-16)19(20-12-14)22-18-10-6-7-15(2)21-18/h3-12H,13H2,1-2H3,(H,20,21,22). The van der Waals surface area contributed by atoms with Crippen molar-refractivity contribution in [1.29, 1.82) is 0 Å². The lowest BCUT2D eigenvalue weighted by Crippen LogP contribution is -2.03. The number of rotatable bonds is 5. The van der Waals surface area contributed by atoms with Crippen molar-refractivity contribution in [1.82, 2.24) is 9.97 Å². The maximum atomic E-state index is 5.95. The average molecular weight is 305 g/mol. The number of benzene rings is 1. The summed E-state index contributed by atoms with van der Waals surface area (Å²) in [6.07, 6.45) is 1.81. The maximum Gasteiger partial charge on any atom is 0.174 e. The highest BCUT2D eigenvalue weighted by molar-refractivity contribution is 5.60. The van der Waals surface area contributed by atoms with Gasteiger partial charge in [-0.3, -0.25) is 0 Å². The van der Waals surface area contributed by atoms with E-state index in [9.17, 15) is 0 Å². The quantitative estimate of drug-likeness (QED) is 0.758. The lowest BCUT2D eigenvalue weighted by molar-refractivity contribution is 0.306. The number of anilines is 2. The first kappa shape index (κ1) is 15.0. The molecule has 0 aliphatic rings. The third-order valence-corrected chi connectivity index (χ3v) is 3.36. The largest absolute Gasteiger partial charge is 0.485 e. The zero-order valence-corrected chi connectivity index (χ0v) is 13.3. The highest BCUT2D eigenvalue weighted by Gasteiger charge is 2.08. The molecule has 4 nitrogen and oxygen atoms in total. The average Bonchev–Trinajstić information content (AvgIpc) is 2.56. The van der Waals surface area contributed by atoms with E-state index in [0.29, 0.717) is 12.4 Å². The molecule has 0 bridgehead atoms. The van der Waals surface area contributed by atoms with Gasteiger partial charge in [-0.05, 0) is 43.2 Å². The van der Waals surface area contributed by atoms with E-state index in [2.05, 4.69) is 15.3 Å². The molecule has 0 spiro atoms. The molecule has 3 aromatic rings. The van der Waals surface area contributed by atoms with Gasteiger partial charge in [0.1, 0.15) is 12.4 Å². The van der Waals surface area contributed by atoms with E-state index in [1.165, 1.54) is 0 Å². The van der Waals surface area contributed by atoms with Crippen LogP contribution >= 0.6 is 0 Å². The Morgan fingerprint density at radius 3 is 2.61 bits per heavy atom. The van der Waals surface area contributed by atoms with Crippen LogP contribution in [-0.2, 0) is 6.61 Å². The second-order valence-electron chi connectivity index (χ2n) is 5.42. The molecule has 0 aliphatic heterocycles. The monoisotopic (exact) mass is 305 g/mol. The zero-order chi connectivity index (χ0) is 16.1. The Bertz CT molecular complexity index is 788. The van der Waals surface area contributed by atoms with Crippen LogP contribution < -0.4 is 10.1 Å². The van der Waals surface area contributed by atoms with Crippen molar-refractivity contribution in [2.45, 2.75) is 20.5 Å². The fraction of sp³-hybridized carbons (Fsp3) is 0.158. The summed E-state index contributed by atoms with van der Waals surface area (Å²) in [5, 5.41) is 3.23. The molecule has 0 fully saturated rings. The molecule has 1 aromatic carbocycles. The van der Waals surface area contributed by atoms with Crippen LogP contribution in [0.2, 0.25) is 0 Å². The van der Waals surface area contributed by atoms with Crippen molar-refractivity contribution >= 4 is 11.6 Å². The number of aryl methyl sites for hydroxylation is 2. The number of hydrogen-bond acceptors (Lipinski definition) is 4. The number of hydrogen-bond donors (Lipinski definition) is 1. The fourth-order valence-corrected chi connectivity index (χ4v) is 2.22. The first-order valence-corrected chi connectivity index (χ1v) is 7.55. The molecule has 23 heavy (non-hydrogen) atoms. The first-order valence-electron chi connectivity index (χ1n) is 7.55. The summed E-state index contributed by atoms with van der Waals surface area (Å²) in [5.41, 5.74) is 3.12. The van der Waals surface area contributed by atoms with Crippen LogP contribution in [0.15, 0.2) is 60.8 Å². The lowest BCUT2D eigenvalue weighted by Gasteiger charge is -2.13. The molecular weight excluding hydrogens is 286 g/mol. The highest BCUT2D eigenvalue weighted by atomic mass is 16.5. The molecule has 116 valence electrons. The maximum absolute atomic E-state index is 5.95. The van der Waals surface area contributed by atoms with Crippen LogP contribution in [-0.4, -0.2) is 9.97 Å². The second kappa shape index (κ2) is 6.92. The summed E-state index contributed by atoms with van der Waals surface area (Å²) in [6, 6.07) is 17.9. The molecule has 0 amide bonds. The summed E-state index contributed by atoms with van der Waals surface area (Å²) in [7, 11) is 0. The van der Waals surface area contributed by atoms with Crippen LogP contribution in [0.3, 0.4) is 0 Å². The van der Waals surface area contributed by atoms with E-state index in [4.69, 9.17) is 4.74 Å². The third-order valence-electron chi connectivity index (χ3n) is 3.36. The van der Waals surface area contributed by atoms with E-state index in [-0.39, 0.29) is 0 Å². The minimum Gasteiger partial charge on any atom is -0.485 e. The van der Waals surface area contributed by atoms with Gasteiger partial charge in [0.15, 0.2) is 11.6 Å². The van der Waals surface area contributed by atoms with Crippen molar-refractivity contribution < 1.29 is 4.74 Å². The molecular formula is C19H19N3O. The zero-order valence-electron chi connectivity index (χ0n) is 13.3. The minimum atomic E-state index is 0.502. The van der Waals surface area contributed by atoms with Gasteiger partial charge in [-0.15, -0.1) is 0 Å². The minimum absolute atomic E-state index is 0.502. The van der Waals surface area contributed by atoms with Crippen LogP contribution in [0.4, 0.5) is 11.6 Å². The normalized spacial score (nSPS) is 10.3. The molecule has 0 atom stereocenters. The van der Waals surface area contributed by atoms with Gasteiger partial charge in [-0.1, -0.05) is 36.4 Å². The number of nitrogens with zero attached hydrogens (tertiary/aromatic N) is 2. The predicted octanol–water partition coefficient (Wildman–Crippen LogP) is 4.42. The topological polar surface area (TPSA) is 47.0 Å². The molecule has 0 radical (unpaired) electrons.